The fourth-order valence-electron chi connectivity index (χ4n) is 2.53. The maximum Gasteiger partial charge on any atom is 0.419 e. The molecule has 9 heteroatoms. The minimum absolute atomic E-state index is 0.0162. The molecule has 0 atom stereocenters. The van der Waals surface area contributed by atoms with Crippen molar-refractivity contribution in [2.24, 2.45) is 0 Å². The number of thioether (sulfide) groups is 1. The Morgan fingerprint density at radius 2 is 1.82 bits per heavy atom. The fourth-order valence-corrected chi connectivity index (χ4v) is 3.36. The van der Waals surface area contributed by atoms with Gasteiger partial charge in [0.15, 0.2) is 0 Å². The molecule has 2 aromatic rings. The van der Waals surface area contributed by atoms with E-state index in [2.05, 4.69) is 0 Å². The summed E-state index contributed by atoms with van der Waals surface area (Å²) < 4.78 is 38.7. The minimum Gasteiger partial charge on any atom is -0.507 e. The molecule has 28 heavy (non-hydrogen) atoms. The molecule has 1 N–H and O–H groups in total. The lowest BCUT2D eigenvalue weighted by atomic mass is 10.1. The van der Waals surface area contributed by atoms with Crippen LogP contribution in [0.5, 0.6) is 5.75 Å². The third-order valence-electron chi connectivity index (χ3n) is 3.92. The number of aromatic hydroxyl groups is 1. The molecule has 2 amide bonds. The lowest BCUT2D eigenvalue weighted by molar-refractivity contribution is -0.138. The molecule has 1 fully saturated rings. The molecule has 0 radical (unpaired) electrons. The average Bonchev–Trinajstić information content (AvgIpc) is 2.90. The molecule has 1 aliphatic rings. The third kappa shape index (κ3) is 4.02. The molecule has 0 aromatic heterocycles. The Kier molecular flexibility index (Phi) is 5.16. The molecule has 0 unspecified atom stereocenters. The fraction of sp³-hybridized carbons (Fsp3) is 0.105. The number of carbonyl (C=O) groups excluding carboxylic acids is 2. The number of amides is 2. The van der Waals surface area contributed by atoms with E-state index in [0.29, 0.717) is 29.0 Å². The average molecular weight is 404 g/mol. The largest absolute Gasteiger partial charge is 0.507 e. The molecular formula is C19H11F3N2O3S. The highest BCUT2D eigenvalue weighted by atomic mass is 32.2. The van der Waals surface area contributed by atoms with Crippen molar-refractivity contribution < 1.29 is 27.9 Å². The normalized spacial score (nSPS) is 15.9. The number of hydrogen-bond donors (Lipinski definition) is 1. The molecule has 142 valence electrons. The first-order valence-electron chi connectivity index (χ1n) is 7.83. The number of halogens is 3. The second kappa shape index (κ2) is 7.40. The zero-order valence-corrected chi connectivity index (χ0v) is 14.8. The second-order valence-corrected chi connectivity index (χ2v) is 6.84. The molecule has 0 spiro atoms. The van der Waals surface area contributed by atoms with Gasteiger partial charge in [-0.05, 0) is 53.2 Å². The van der Waals surface area contributed by atoms with Crippen LogP contribution in [-0.2, 0) is 17.5 Å². The monoisotopic (exact) mass is 404 g/mol. The van der Waals surface area contributed by atoms with E-state index in [1.165, 1.54) is 12.1 Å². The van der Waals surface area contributed by atoms with Crippen LogP contribution in [0.1, 0.15) is 22.3 Å². The van der Waals surface area contributed by atoms with E-state index < -0.39 is 28.6 Å². The van der Waals surface area contributed by atoms with E-state index in [0.717, 1.165) is 11.0 Å². The van der Waals surface area contributed by atoms with Crippen molar-refractivity contribution in [2.45, 2.75) is 12.7 Å². The van der Waals surface area contributed by atoms with Crippen molar-refractivity contribution in [2.75, 3.05) is 0 Å². The summed E-state index contributed by atoms with van der Waals surface area (Å²) in [6.07, 6.45) is -3.57. The standard InChI is InChI=1S/C19H11F3N2O3S/c20-19(21,22)14-7-13(5-6-15(14)25)8-16-17(26)24(18(27)28-16)10-12-3-1-11(9-23)2-4-12/h1-8,25H,10H2/b16-8+. The van der Waals surface area contributed by atoms with Crippen LogP contribution in [0.25, 0.3) is 6.08 Å². The van der Waals surface area contributed by atoms with Crippen molar-refractivity contribution >= 4 is 29.0 Å². The van der Waals surface area contributed by atoms with E-state index in [-0.39, 0.29) is 17.0 Å². The number of alkyl halides is 3. The summed E-state index contributed by atoms with van der Waals surface area (Å²) in [7, 11) is 0. The number of imide groups is 1. The Labute approximate surface area is 161 Å². The molecule has 5 nitrogen and oxygen atoms in total. The molecule has 1 heterocycles. The van der Waals surface area contributed by atoms with E-state index in [4.69, 9.17) is 5.26 Å². The van der Waals surface area contributed by atoms with Gasteiger partial charge in [-0.15, -0.1) is 0 Å². The lowest BCUT2D eigenvalue weighted by Crippen LogP contribution is -2.27. The molecule has 0 aliphatic carbocycles. The van der Waals surface area contributed by atoms with Crippen molar-refractivity contribution in [1.82, 2.24) is 4.90 Å². The summed E-state index contributed by atoms with van der Waals surface area (Å²) in [6.45, 7) is -0.0168. The van der Waals surface area contributed by atoms with Gasteiger partial charge >= 0.3 is 6.18 Å². The van der Waals surface area contributed by atoms with E-state index in [9.17, 15) is 27.9 Å². The van der Waals surface area contributed by atoms with Gasteiger partial charge in [-0.25, -0.2) is 0 Å². The van der Waals surface area contributed by atoms with Crippen LogP contribution in [0.2, 0.25) is 0 Å². The first-order chi connectivity index (χ1) is 13.2. The maximum atomic E-state index is 12.9. The van der Waals surface area contributed by atoms with Crippen molar-refractivity contribution in [3.63, 3.8) is 0 Å². The Morgan fingerprint density at radius 1 is 1.14 bits per heavy atom. The molecule has 0 saturated carbocycles. The van der Waals surface area contributed by atoms with Gasteiger partial charge in [-0.3, -0.25) is 14.5 Å². The van der Waals surface area contributed by atoms with Crippen LogP contribution in [0.4, 0.5) is 18.0 Å². The summed E-state index contributed by atoms with van der Waals surface area (Å²) in [4.78, 5) is 25.6. The molecule has 3 rings (SSSR count). The first-order valence-corrected chi connectivity index (χ1v) is 8.65. The number of benzene rings is 2. The number of carbonyl (C=O) groups is 2. The zero-order valence-electron chi connectivity index (χ0n) is 14.0. The summed E-state index contributed by atoms with van der Waals surface area (Å²) in [5.41, 5.74) is -0.121. The van der Waals surface area contributed by atoms with Crippen LogP contribution in [-0.4, -0.2) is 21.2 Å². The summed E-state index contributed by atoms with van der Waals surface area (Å²) >= 11 is 0.624. The Hall–Kier alpha value is -3.25. The number of rotatable bonds is 3. The summed E-state index contributed by atoms with van der Waals surface area (Å²) in [6, 6.07) is 11.1. The van der Waals surface area contributed by atoms with Crippen LogP contribution in [0.3, 0.4) is 0 Å². The lowest BCUT2D eigenvalue weighted by Gasteiger charge is -2.12. The molecule has 1 aliphatic heterocycles. The molecule has 2 aromatic carbocycles. The van der Waals surface area contributed by atoms with Gasteiger partial charge in [-0.1, -0.05) is 18.2 Å². The summed E-state index contributed by atoms with van der Waals surface area (Å²) in [5, 5.41) is 17.6. The van der Waals surface area contributed by atoms with Gasteiger partial charge in [0, 0.05) is 0 Å². The number of hydrogen-bond acceptors (Lipinski definition) is 5. The van der Waals surface area contributed by atoms with Crippen LogP contribution >= 0.6 is 11.8 Å². The van der Waals surface area contributed by atoms with Crippen molar-refractivity contribution in [1.29, 1.82) is 5.26 Å². The van der Waals surface area contributed by atoms with Crippen LogP contribution in [0.15, 0.2) is 47.4 Å². The zero-order chi connectivity index (χ0) is 20.5. The van der Waals surface area contributed by atoms with Crippen molar-refractivity contribution in [3.8, 4) is 11.8 Å². The van der Waals surface area contributed by atoms with E-state index in [1.54, 1.807) is 24.3 Å². The van der Waals surface area contributed by atoms with Gasteiger partial charge in [0.2, 0.25) is 0 Å². The molecular weight excluding hydrogens is 393 g/mol. The quantitative estimate of drug-likeness (QED) is 0.761. The predicted octanol–water partition coefficient (Wildman–Crippen LogP) is 4.52. The third-order valence-corrected chi connectivity index (χ3v) is 4.83. The van der Waals surface area contributed by atoms with Crippen LogP contribution < -0.4 is 0 Å². The number of phenolic OH excluding ortho intramolecular Hbond substituents is 1. The Balaban J connectivity index is 1.84. The number of nitriles is 1. The predicted molar refractivity (Wildman–Crippen MR) is 95.8 cm³/mol. The van der Waals surface area contributed by atoms with Gasteiger partial charge in [0.1, 0.15) is 5.75 Å². The molecule has 0 bridgehead atoms. The molecule has 1 saturated heterocycles. The number of phenols is 1. The smallest absolute Gasteiger partial charge is 0.419 e. The van der Waals surface area contributed by atoms with Crippen LogP contribution in [0, 0.1) is 11.3 Å². The second-order valence-electron chi connectivity index (χ2n) is 5.85. The highest BCUT2D eigenvalue weighted by Crippen LogP contribution is 2.38. The maximum absolute atomic E-state index is 12.9. The number of nitrogens with zero attached hydrogens (tertiary/aromatic N) is 2. The summed E-state index contributed by atoms with van der Waals surface area (Å²) in [5.74, 6) is -1.54. The van der Waals surface area contributed by atoms with Gasteiger partial charge in [0.25, 0.3) is 11.1 Å². The highest BCUT2D eigenvalue weighted by molar-refractivity contribution is 8.18. The van der Waals surface area contributed by atoms with E-state index >= 15 is 0 Å². The SMILES string of the molecule is N#Cc1ccc(CN2C(=O)S/C(=C/c3ccc(O)c(C(F)(F)F)c3)C2=O)cc1. The minimum atomic E-state index is -4.75. The topological polar surface area (TPSA) is 81.4 Å². The Bertz CT molecular complexity index is 1020. The van der Waals surface area contributed by atoms with E-state index in [1.807, 2.05) is 6.07 Å². The van der Waals surface area contributed by atoms with Gasteiger partial charge in [-0.2, -0.15) is 18.4 Å². The van der Waals surface area contributed by atoms with Gasteiger partial charge in [0.05, 0.1) is 28.6 Å². The van der Waals surface area contributed by atoms with Gasteiger partial charge < -0.3 is 5.11 Å². The Morgan fingerprint density at radius 3 is 2.43 bits per heavy atom. The first kappa shape index (κ1) is 19.5. The van der Waals surface area contributed by atoms with Crippen molar-refractivity contribution in [3.05, 3.63) is 69.6 Å². The highest BCUT2D eigenvalue weighted by Gasteiger charge is 2.36.